The van der Waals surface area contributed by atoms with Crippen LogP contribution in [-0.4, -0.2) is 19.9 Å². The molecule has 1 aliphatic heterocycles. The standard InChI is InChI=1S/C25H23ClN2O2/c1-29-24-9-5-3-7-18(24)11-14-20-17-23(22-8-4-6-10-25(22)30-2)28(27-20)21-15-12-19(26)13-16-21/h3-16,23H,17H2,1-2H3. The molecule has 0 saturated carbocycles. The summed E-state index contributed by atoms with van der Waals surface area (Å²) >= 11 is 6.10. The Balaban J connectivity index is 1.69. The number of hydrazone groups is 1. The second kappa shape index (κ2) is 9.06. The van der Waals surface area contributed by atoms with Gasteiger partial charge in [-0.15, -0.1) is 0 Å². The van der Waals surface area contributed by atoms with Crippen LogP contribution >= 0.6 is 11.6 Å². The lowest BCUT2D eigenvalue weighted by atomic mass is 9.99. The molecule has 0 amide bonds. The van der Waals surface area contributed by atoms with E-state index in [9.17, 15) is 0 Å². The van der Waals surface area contributed by atoms with Gasteiger partial charge in [-0.2, -0.15) is 5.10 Å². The van der Waals surface area contributed by atoms with Gasteiger partial charge in [0.1, 0.15) is 11.5 Å². The number of nitrogens with zero attached hydrogens (tertiary/aromatic N) is 2. The molecular weight excluding hydrogens is 396 g/mol. The van der Waals surface area contributed by atoms with Crippen LogP contribution in [0.4, 0.5) is 5.69 Å². The van der Waals surface area contributed by atoms with Crippen LogP contribution < -0.4 is 14.5 Å². The number of halogens is 1. The molecule has 1 aliphatic rings. The quantitative estimate of drug-likeness (QED) is 0.466. The Hall–Kier alpha value is -3.24. The van der Waals surface area contributed by atoms with E-state index in [2.05, 4.69) is 12.1 Å². The summed E-state index contributed by atoms with van der Waals surface area (Å²) in [6.45, 7) is 0. The molecule has 0 aromatic heterocycles. The molecule has 0 saturated heterocycles. The highest BCUT2D eigenvalue weighted by Gasteiger charge is 2.30. The van der Waals surface area contributed by atoms with Crippen LogP contribution in [0.5, 0.6) is 11.5 Å². The minimum Gasteiger partial charge on any atom is -0.496 e. The van der Waals surface area contributed by atoms with Gasteiger partial charge in [0.2, 0.25) is 0 Å². The summed E-state index contributed by atoms with van der Waals surface area (Å²) in [6, 6.07) is 23.8. The van der Waals surface area contributed by atoms with Crippen LogP contribution in [0.15, 0.2) is 84.0 Å². The average Bonchev–Trinajstić information content (AvgIpc) is 3.22. The van der Waals surface area contributed by atoms with E-state index in [1.165, 1.54) is 0 Å². The molecule has 30 heavy (non-hydrogen) atoms. The smallest absolute Gasteiger partial charge is 0.126 e. The van der Waals surface area contributed by atoms with Gasteiger partial charge in [0, 0.05) is 22.6 Å². The summed E-state index contributed by atoms with van der Waals surface area (Å²) in [4.78, 5) is 0. The lowest BCUT2D eigenvalue weighted by Crippen LogP contribution is -2.19. The minimum absolute atomic E-state index is 0.0274. The predicted molar refractivity (Wildman–Crippen MR) is 124 cm³/mol. The molecule has 5 heteroatoms. The van der Waals surface area contributed by atoms with Gasteiger partial charge in [-0.3, -0.25) is 5.01 Å². The summed E-state index contributed by atoms with van der Waals surface area (Å²) in [5.41, 5.74) is 4.07. The fourth-order valence-electron chi connectivity index (χ4n) is 3.64. The van der Waals surface area contributed by atoms with E-state index < -0.39 is 0 Å². The third-order valence-corrected chi connectivity index (χ3v) is 5.37. The van der Waals surface area contributed by atoms with Crippen molar-refractivity contribution in [3.8, 4) is 11.5 Å². The maximum absolute atomic E-state index is 6.10. The number of para-hydroxylation sites is 2. The molecule has 1 heterocycles. The van der Waals surface area contributed by atoms with Crippen molar-refractivity contribution in [3.05, 3.63) is 95.0 Å². The van der Waals surface area contributed by atoms with Crippen LogP contribution in [0.25, 0.3) is 6.08 Å². The van der Waals surface area contributed by atoms with E-state index in [1.807, 2.05) is 77.8 Å². The van der Waals surface area contributed by atoms with Crippen molar-refractivity contribution in [1.82, 2.24) is 0 Å². The monoisotopic (exact) mass is 418 g/mol. The highest BCUT2D eigenvalue weighted by molar-refractivity contribution is 6.30. The number of anilines is 1. The average molecular weight is 419 g/mol. The van der Waals surface area contributed by atoms with E-state index >= 15 is 0 Å². The zero-order valence-electron chi connectivity index (χ0n) is 17.0. The fraction of sp³-hybridized carbons (Fsp3) is 0.160. The van der Waals surface area contributed by atoms with E-state index in [-0.39, 0.29) is 6.04 Å². The van der Waals surface area contributed by atoms with Crippen LogP contribution in [0.2, 0.25) is 5.02 Å². The molecule has 0 aliphatic carbocycles. The fourth-order valence-corrected chi connectivity index (χ4v) is 3.77. The molecule has 1 unspecified atom stereocenters. The zero-order chi connectivity index (χ0) is 20.9. The van der Waals surface area contributed by atoms with Crippen molar-refractivity contribution >= 4 is 29.1 Å². The van der Waals surface area contributed by atoms with Crippen molar-refractivity contribution in [2.75, 3.05) is 19.2 Å². The SMILES string of the molecule is COc1ccccc1C=CC1=NN(c2ccc(Cl)cc2)C(c2ccccc2OC)C1. The van der Waals surface area contributed by atoms with Crippen molar-refractivity contribution in [2.24, 2.45) is 5.10 Å². The van der Waals surface area contributed by atoms with Crippen molar-refractivity contribution in [2.45, 2.75) is 12.5 Å². The second-order valence-electron chi connectivity index (χ2n) is 6.95. The second-order valence-corrected chi connectivity index (χ2v) is 7.39. The normalized spacial score (nSPS) is 16.0. The zero-order valence-corrected chi connectivity index (χ0v) is 17.7. The number of rotatable bonds is 6. The molecular formula is C25H23ClN2O2. The predicted octanol–water partition coefficient (Wildman–Crippen LogP) is 6.38. The highest BCUT2D eigenvalue weighted by atomic mass is 35.5. The van der Waals surface area contributed by atoms with Gasteiger partial charge >= 0.3 is 0 Å². The minimum atomic E-state index is 0.0274. The number of ether oxygens (including phenoxy) is 2. The van der Waals surface area contributed by atoms with E-state index in [0.717, 1.165) is 40.4 Å². The van der Waals surface area contributed by atoms with E-state index in [1.54, 1.807) is 14.2 Å². The number of benzene rings is 3. The summed E-state index contributed by atoms with van der Waals surface area (Å²) < 4.78 is 11.1. The third kappa shape index (κ3) is 4.19. The van der Waals surface area contributed by atoms with Crippen molar-refractivity contribution in [1.29, 1.82) is 0 Å². The molecule has 152 valence electrons. The largest absolute Gasteiger partial charge is 0.496 e. The first-order chi connectivity index (χ1) is 14.7. The van der Waals surface area contributed by atoms with Gasteiger partial charge in [0.05, 0.1) is 31.7 Å². The van der Waals surface area contributed by atoms with Gasteiger partial charge in [0.25, 0.3) is 0 Å². The maximum Gasteiger partial charge on any atom is 0.126 e. The number of methoxy groups -OCH3 is 2. The Kier molecular flexibility index (Phi) is 6.05. The molecule has 3 aromatic rings. The molecule has 0 fully saturated rings. The first-order valence-electron chi connectivity index (χ1n) is 9.76. The van der Waals surface area contributed by atoms with Crippen LogP contribution in [0.1, 0.15) is 23.6 Å². The van der Waals surface area contributed by atoms with Crippen LogP contribution in [0, 0.1) is 0 Å². The van der Waals surface area contributed by atoms with Crippen LogP contribution in [0.3, 0.4) is 0 Å². The van der Waals surface area contributed by atoms with E-state index in [4.69, 9.17) is 26.2 Å². The van der Waals surface area contributed by atoms with Gasteiger partial charge in [-0.05, 0) is 48.6 Å². The topological polar surface area (TPSA) is 34.1 Å². The Labute approximate surface area is 182 Å². The van der Waals surface area contributed by atoms with Crippen molar-refractivity contribution < 1.29 is 9.47 Å². The van der Waals surface area contributed by atoms with Gasteiger partial charge in [-0.1, -0.05) is 48.0 Å². The molecule has 0 radical (unpaired) electrons. The number of hydrogen-bond acceptors (Lipinski definition) is 4. The van der Waals surface area contributed by atoms with E-state index in [0.29, 0.717) is 5.02 Å². The third-order valence-electron chi connectivity index (χ3n) is 5.12. The lowest BCUT2D eigenvalue weighted by molar-refractivity contribution is 0.405. The molecule has 4 nitrogen and oxygen atoms in total. The van der Waals surface area contributed by atoms with Gasteiger partial charge in [-0.25, -0.2) is 0 Å². The molecule has 3 aromatic carbocycles. The van der Waals surface area contributed by atoms with Crippen molar-refractivity contribution in [3.63, 3.8) is 0 Å². The van der Waals surface area contributed by atoms with Gasteiger partial charge < -0.3 is 9.47 Å². The maximum atomic E-state index is 6.10. The lowest BCUT2D eigenvalue weighted by Gasteiger charge is -2.25. The summed E-state index contributed by atoms with van der Waals surface area (Å²) in [7, 11) is 3.38. The molecule has 1 atom stereocenters. The molecule has 0 bridgehead atoms. The Morgan fingerprint density at radius 2 is 1.53 bits per heavy atom. The Morgan fingerprint density at radius 3 is 2.27 bits per heavy atom. The number of allylic oxidation sites excluding steroid dienone is 1. The Bertz CT molecular complexity index is 1080. The molecule has 4 rings (SSSR count). The number of hydrogen-bond donors (Lipinski definition) is 0. The first kappa shape index (κ1) is 20.0. The molecule has 0 spiro atoms. The van der Waals surface area contributed by atoms with Crippen LogP contribution in [-0.2, 0) is 0 Å². The Morgan fingerprint density at radius 1 is 0.867 bits per heavy atom. The summed E-state index contributed by atoms with van der Waals surface area (Å²) in [6.07, 6.45) is 4.85. The summed E-state index contributed by atoms with van der Waals surface area (Å²) in [5.74, 6) is 1.69. The highest BCUT2D eigenvalue weighted by Crippen LogP contribution is 2.39. The summed E-state index contributed by atoms with van der Waals surface area (Å²) in [5, 5.41) is 7.65. The van der Waals surface area contributed by atoms with Gasteiger partial charge in [0.15, 0.2) is 0 Å². The first-order valence-corrected chi connectivity index (χ1v) is 10.1. The molecule has 0 N–H and O–H groups in total.